The lowest BCUT2D eigenvalue weighted by Crippen LogP contribution is -2.44. The maximum atomic E-state index is 5.60. The van der Waals surface area contributed by atoms with Gasteiger partial charge in [0.2, 0.25) is 5.95 Å². The van der Waals surface area contributed by atoms with E-state index in [1.165, 1.54) is 5.69 Å². The van der Waals surface area contributed by atoms with Crippen LogP contribution < -0.4 is 20.3 Å². The molecule has 1 fully saturated rings. The van der Waals surface area contributed by atoms with E-state index >= 15 is 0 Å². The van der Waals surface area contributed by atoms with Gasteiger partial charge in [-0.3, -0.25) is 0 Å². The summed E-state index contributed by atoms with van der Waals surface area (Å²) in [4.78, 5) is 13.7. The fourth-order valence-electron chi connectivity index (χ4n) is 3.06. The Bertz CT molecular complexity index is 743. The molecular formula is C19H28N6O. The van der Waals surface area contributed by atoms with Gasteiger partial charge in [0.25, 0.3) is 0 Å². The molecule has 1 aliphatic rings. The molecule has 0 atom stereocenters. The highest BCUT2D eigenvalue weighted by Gasteiger charge is 2.16. The SMILES string of the molecule is CCNc1cnc(Nc2ccc(N3CCN(C)CC3)cc2OC)nc1C. The van der Waals surface area contributed by atoms with Gasteiger partial charge in [0, 0.05) is 44.5 Å². The molecule has 1 aliphatic heterocycles. The zero-order valence-electron chi connectivity index (χ0n) is 16.0. The molecule has 26 heavy (non-hydrogen) atoms. The summed E-state index contributed by atoms with van der Waals surface area (Å²) in [6.45, 7) is 9.08. The van der Waals surface area contributed by atoms with Crippen molar-refractivity contribution < 1.29 is 4.74 Å². The van der Waals surface area contributed by atoms with Gasteiger partial charge in [-0.2, -0.15) is 0 Å². The molecule has 1 aromatic heterocycles. The van der Waals surface area contributed by atoms with Gasteiger partial charge in [0.15, 0.2) is 0 Å². The van der Waals surface area contributed by atoms with Crippen molar-refractivity contribution in [2.75, 3.05) is 62.4 Å². The Morgan fingerprint density at radius 3 is 2.58 bits per heavy atom. The van der Waals surface area contributed by atoms with E-state index in [1.807, 2.05) is 13.0 Å². The van der Waals surface area contributed by atoms with Gasteiger partial charge in [0.05, 0.1) is 30.4 Å². The summed E-state index contributed by atoms with van der Waals surface area (Å²) in [5.74, 6) is 1.35. The van der Waals surface area contributed by atoms with E-state index < -0.39 is 0 Å². The molecular weight excluding hydrogens is 328 g/mol. The van der Waals surface area contributed by atoms with Crippen LogP contribution in [0.4, 0.5) is 23.0 Å². The fraction of sp³-hybridized carbons (Fsp3) is 0.474. The first-order valence-corrected chi connectivity index (χ1v) is 9.06. The number of benzene rings is 1. The Kier molecular flexibility index (Phi) is 5.78. The van der Waals surface area contributed by atoms with Gasteiger partial charge in [-0.15, -0.1) is 0 Å². The molecule has 0 spiro atoms. The number of aromatic nitrogens is 2. The highest BCUT2D eigenvalue weighted by atomic mass is 16.5. The molecule has 0 unspecified atom stereocenters. The van der Waals surface area contributed by atoms with Gasteiger partial charge >= 0.3 is 0 Å². The second-order valence-corrected chi connectivity index (χ2v) is 6.52. The van der Waals surface area contributed by atoms with E-state index in [4.69, 9.17) is 4.74 Å². The van der Waals surface area contributed by atoms with Crippen LogP contribution in [-0.2, 0) is 0 Å². The molecule has 0 radical (unpaired) electrons. The summed E-state index contributed by atoms with van der Waals surface area (Å²) in [5.41, 5.74) is 3.91. The quantitative estimate of drug-likeness (QED) is 0.825. The molecule has 7 heteroatoms. The van der Waals surface area contributed by atoms with Gasteiger partial charge in [-0.1, -0.05) is 0 Å². The van der Waals surface area contributed by atoms with E-state index in [2.05, 4.69) is 56.5 Å². The van der Waals surface area contributed by atoms with Gasteiger partial charge in [-0.25, -0.2) is 9.97 Å². The summed E-state index contributed by atoms with van der Waals surface area (Å²) >= 11 is 0. The topological polar surface area (TPSA) is 65.6 Å². The van der Waals surface area contributed by atoms with Crippen molar-refractivity contribution in [1.82, 2.24) is 14.9 Å². The zero-order chi connectivity index (χ0) is 18.5. The molecule has 3 rings (SSSR count). The number of hydrogen-bond donors (Lipinski definition) is 2. The first-order valence-electron chi connectivity index (χ1n) is 9.06. The van der Waals surface area contributed by atoms with Crippen LogP contribution in [0.5, 0.6) is 5.75 Å². The minimum absolute atomic E-state index is 0.565. The van der Waals surface area contributed by atoms with Crippen molar-refractivity contribution in [3.8, 4) is 5.75 Å². The third kappa shape index (κ3) is 4.16. The number of nitrogens with zero attached hydrogens (tertiary/aromatic N) is 4. The van der Waals surface area contributed by atoms with Crippen molar-refractivity contribution in [2.45, 2.75) is 13.8 Å². The molecule has 2 N–H and O–H groups in total. The lowest BCUT2D eigenvalue weighted by Gasteiger charge is -2.34. The minimum atomic E-state index is 0.565. The number of hydrogen-bond acceptors (Lipinski definition) is 7. The average molecular weight is 356 g/mol. The van der Waals surface area contributed by atoms with Crippen molar-refractivity contribution in [3.05, 3.63) is 30.1 Å². The standard InChI is InChI=1S/C19H28N6O/c1-5-20-17-13-21-19(22-14(17)2)23-16-7-6-15(12-18(16)26-4)25-10-8-24(3)9-11-25/h6-7,12-13,20H,5,8-11H2,1-4H3,(H,21,22,23). The summed E-state index contributed by atoms with van der Waals surface area (Å²) in [6.07, 6.45) is 1.80. The smallest absolute Gasteiger partial charge is 0.227 e. The summed E-state index contributed by atoms with van der Waals surface area (Å²) < 4.78 is 5.60. The van der Waals surface area contributed by atoms with Gasteiger partial charge in [-0.05, 0) is 33.0 Å². The van der Waals surface area contributed by atoms with E-state index in [0.717, 1.165) is 55.5 Å². The summed E-state index contributed by atoms with van der Waals surface area (Å²) in [6, 6.07) is 6.23. The van der Waals surface area contributed by atoms with Crippen molar-refractivity contribution >= 4 is 23.0 Å². The monoisotopic (exact) mass is 356 g/mol. The van der Waals surface area contributed by atoms with Crippen LogP contribution in [0.25, 0.3) is 0 Å². The van der Waals surface area contributed by atoms with Crippen molar-refractivity contribution in [1.29, 1.82) is 0 Å². The summed E-state index contributed by atoms with van der Waals surface area (Å²) in [7, 11) is 3.85. The molecule has 0 amide bonds. The molecule has 0 aliphatic carbocycles. The van der Waals surface area contributed by atoms with E-state index in [9.17, 15) is 0 Å². The van der Waals surface area contributed by atoms with E-state index in [0.29, 0.717) is 5.95 Å². The third-order valence-corrected chi connectivity index (χ3v) is 4.65. The first kappa shape index (κ1) is 18.3. The van der Waals surface area contributed by atoms with E-state index in [1.54, 1.807) is 13.3 Å². The molecule has 0 bridgehead atoms. The zero-order valence-corrected chi connectivity index (χ0v) is 16.0. The van der Waals surface area contributed by atoms with Crippen LogP contribution in [-0.4, -0.2) is 61.7 Å². The predicted molar refractivity (Wildman–Crippen MR) is 107 cm³/mol. The lowest BCUT2D eigenvalue weighted by molar-refractivity contribution is 0.312. The summed E-state index contributed by atoms with van der Waals surface area (Å²) in [5, 5.41) is 6.52. The molecule has 0 saturated carbocycles. The van der Waals surface area contributed by atoms with Crippen molar-refractivity contribution in [2.24, 2.45) is 0 Å². The average Bonchev–Trinajstić information content (AvgIpc) is 2.65. The van der Waals surface area contributed by atoms with E-state index in [-0.39, 0.29) is 0 Å². The Morgan fingerprint density at radius 1 is 1.15 bits per heavy atom. The maximum absolute atomic E-state index is 5.60. The third-order valence-electron chi connectivity index (χ3n) is 4.65. The number of piperazine rings is 1. The maximum Gasteiger partial charge on any atom is 0.227 e. The number of aryl methyl sites for hydroxylation is 1. The van der Waals surface area contributed by atoms with Crippen LogP contribution in [0.3, 0.4) is 0 Å². The van der Waals surface area contributed by atoms with Crippen molar-refractivity contribution in [3.63, 3.8) is 0 Å². The molecule has 1 aromatic carbocycles. The molecule has 140 valence electrons. The second kappa shape index (κ2) is 8.23. The first-order chi connectivity index (χ1) is 12.6. The van der Waals surface area contributed by atoms with Crippen LogP contribution in [0.2, 0.25) is 0 Å². The highest BCUT2D eigenvalue weighted by Crippen LogP contribution is 2.32. The molecule has 7 nitrogen and oxygen atoms in total. The Morgan fingerprint density at radius 2 is 1.92 bits per heavy atom. The normalized spacial score (nSPS) is 15.0. The lowest BCUT2D eigenvalue weighted by atomic mass is 10.2. The number of likely N-dealkylation sites (N-methyl/N-ethyl adjacent to an activating group) is 1. The number of anilines is 4. The number of ether oxygens (including phenoxy) is 1. The van der Waals surface area contributed by atoms with Crippen LogP contribution in [0, 0.1) is 6.92 Å². The van der Waals surface area contributed by atoms with Gasteiger partial charge < -0.3 is 25.2 Å². The number of methoxy groups -OCH3 is 1. The highest BCUT2D eigenvalue weighted by molar-refractivity contribution is 5.68. The number of nitrogens with one attached hydrogen (secondary N) is 2. The Hall–Kier alpha value is -2.54. The molecule has 2 aromatic rings. The molecule has 2 heterocycles. The van der Waals surface area contributed by atoms with Crippen LogP contribution >= 0.6 is 0 Å². The Balaban J connectivity index is 1.77. The largest absolute Gasteiger partial charge is 0.494 e. The van der Waals surface area contributed by atoms with Crippen LogP contribution in [0.15, 0.2) is 24.4 Å². The fourth-order valence-corrected chi connectivity index (χ4v) is 3.06. The van der Waals surface area contributed by atoms with Gasteiger partial charge in [0.1, 0.15) is 5.75 Å². The Labute approximate surface area is 155 Å². The van der Waals surface area contributed by atoms with Crippen LogP contribution in [0.1, 0.15) is 12.6 Å². The predicted octanol–water partition coefficient (Wildman–Crippen LogP) is 2.72. The second-order valence-electron chi connectivity index (χ2n) is 6.52. The number of rotatable bonds is 6. The molecule has 1 saturated heterocycles. The minimum Gasteiger partial charge on any atom is -0.494 e.